The van der Waals surface area contributed by atoms with Crippen molar-refractivity contribution in [3.63, 3.8) is 0 Å². The van der Waals surface area contributed by atoms with Crippen LogP contribution in [0, 0.1) is 0 Å². The van der Waals surface area contributed by atoms with Crippen molar-refractivity contribution in [2.45, 2.75) is 0 Å². The Morgan fingerprint density at radius 3 is 2.00 bits per heavy atom. The Labute approximate surface area is 45.1 Å². The Hall–Kier alpha value is -0.370. The van der Waals surface area contributed by atoms with Gasteiger partial charge in [-0.25, -0.2) is 8.78 Å². The zero-order chi connectivity index (χ0) is 5.86. The summed E-state index contributed by atoms with van der Waals surface area (Å²) in [5.41, 5.74) is 0.488. The lowest BCUT2D eigenvalue weighted by atomic mass is 10.5. The van der Waals surface area contributed by atoms with Gasteiger partial charge in [0.2, 0.25) is 0 Å². The van der Waals surface area contributed by atoms with E-state index in [0.29, 0.717) is 5.54 Å². The summed E-state index contributed by atoms with van der Waals surface area (Å²) in [5, 5.41) is 0. The second-order valence-electron chi connectivity index (χ2n) is 0.862. The van der Waals surface area contributed by atoms with E-state index < -0.39 is 11.7 Å². The Morgan fingerprint density at radius 2 is 2.00 bits per heavy atom. The van der Waals surface area contributed by atoms with E-state index in [1.54, 1.807) is 0 Å². The molecule has 0 atom stereocenters. The van der Waals surface area contributed by atoms with Crippen LogP contribution >= 0.6 is 11.6 Å². The molecular weight excluding hydrogens is 121 g/mol. The van der Waals surface area contributed by atoms with Crippen LogP contribution in [-0.4, -0.2) is 0 Å². The zero-order valence-electron chi connectivity index (χ0n) is 3.42. The van der Waals surface area contributed by atoms with E-state index in [1.165, 1.54) is 0 Å². The summed E-state index contributed by atoms with van der Waals surface area (Å²) in [5.74, 6) is -2.27. The van der Waals surface area contributed by atoms with E-state index in [2.05, 4.69) is 6.58 Å². The van der Waals surface area contributed by atoms with Crippen molar-refractivity contribution < 1.29 is 8.78 Å². The first-order chi connectivity index (χ1) is 3.18. The van der Waals surface area contributed by atoms with Gasteiger partial charge in [0.25, 0.3) is 0 Å². The summed E-state index contributed by atoms with van der Waals surface area (Å²) in [6.07, 6.45) is 0. The molecule has 3 heteroatoms. The van der Waals surface area contributed by atoms with E-state index in [-0.39, 0.29) is 0 Å². The predicted molar refractivity (Wildman–Crippen MR) is 25.3 cm³/mol. The van der Waals surface area contributed by atoms with Crippen LogP contribution in [0.3, 0.4) is 0 Å². The minimum absolute atomic E-state index is 0.488. The van der Waals surface area contributed by atoms with Gasteiger partial charge in [0.15, 0.2) is 11.7 Å². The summed E-state index contributed by atoms with van der Waals surface area (Å²) in [6.45, 7) is 2.63. The third-order valence-electron chi connectivity index (χ3n) is 0.355. The summed E-state index contributed by atoms with van der Waals surface area (Å²) < 4.78 is 22.9. The average molecular weight is 125 g/mol. The Bertz CT molecular complexity index is 106. The minimum atomic E-state index is -1.14. The maximum Gasteiger partial charge on any atom is 0.169 e. The molecule has 0 saturated carbocycles. The topological polar surface area (TPSA) is 0 Å². The van der Waals surface area contributed by atoms with Gasteiger partial charge in [-0.2, -0.15) is 0 Å². The first-order valence-corrected chi connectivity index (χ1v) is 1.92. The molecule has 0 saturated heterocycles. The standard InChI is InChI=1S/C4H3ClF2/c1-3(6)4(7)2-5/h2H,1H2. The fourth-order valence-corrected chi connectivity index (χ4v) is 0.178. The molecule has 0 aromatic rings. The maximum absolute atomic E-state index is 11.5. The van der Waals surface area contributed by atoms with Crippen LogP contribution in [-0.2, 0) is 0 Å². The Balaban J connectivity index is 3.82. The fourth-order valence-electron chi connectivity index (χ4n) is 0.0592. The SMILES string of the molecule is C=C(F)C(F)=CCl. The van der Waals surface area contributed by atoms with Gasteiger partial charge in [-0.05, 0) is 0 Å². The molecule has 0 rings (SSSR count). The number of hydrogen-bond acceptors (Lipinski definition) is 0. The lowest BCUT2D eigenvalue weighted by molar-refractivity contribution is 0.549. The number of allylic oxidation sites excluding steroid dienone is 2. The van der Waals surface area contributed by atoms with Crippen LogP contribution in [0.1, 0.15) is 0 Å². The molecule has 0 spiro atoms. The number of halogens is 3. The molecule has 0 aromatic heterocycles. The van der Waals surface area contributed by atoms with E-state index in [4.69, 9.17) is 11.6 Å². The van der Waals surface area contributed by atoms with Gasteiger partial charge in [0.05, 0.1) is 0 Å². The van der Waals surface area contributed by atoms with Crippen molar-refractivity contribution in [1.29, 1.82) is 0 Å². The van der Waals surface area contributed by atoms with Crippen LogP contribution in [0.4, 0.5) is 8.78 Å². The van der Waals surface area contributed by atoms with E-state index >= 15 is 0 Å². The monoisotopic (exact) mass is 124 g/mol. The summed E-state index contributed by atoms with van der Waals surface area (Å²) in [7, 11) is 0. The lowest BCUT2D eigenvalue weighted by Gasteiger charge is -1.80. The molecule has 0 heterocycles. The molecule has 0 unspecified atom stereocenters. The smallest absolute Gasteiger partial charge is 0.169 e. The quantitative estimate of drug-likeness (QED) is 0.471. The molecule has 0 nitrogen and oxygen atoms in total. The minimum Gasteiger partial charge on any atom is -0.204 e. The van der Waals surface area contributed by atoms with Crippen molar-refractivity contribution in [2.24, 2.45) is 0 Å². The van der Waals surface area contributed by atoms with Gasteiger partial charge < -0.3 is 0 Å². The predicted octanol–water partition coefficient (Wildman–Crippen LogP) is 2.52. The molecule has 0 aliphatic heterocycles. The molecule has 0 fully saturated rings. The fraction of sp³-hybridized carbons (Fsp3) is 0. The Kier molecular flexibility index (Phi) is 2.60. The van der Waals surface area contributed by atoms with Crippen molar-refractivity contribution in [2.75, 3.05) is 0 Å². The van der Waals surface area contributed by atoms with Crippen molar-refractivity contribution in [1.82, 2.24) is 0 Å². The van der Waals surface area contributed by atoms with Gasteiger partial charge in [-0.3, -0.25) is 0 Å². The molecule has 0 bridgehead atoms. The molecule has 0 radical (unpaired) electrons. The number of rotatable bonds is 1. The maximum atomic E-state index is 11.5. The first-order valence-electron chi connectivity index (χ1n) is 1.49. The summed E-state index contributed by atoms with van der Waals surface area (Å²) in [6, 6.07) is 0. The largest absolute Gasteiger partial charge is 0.204 e. The second-order valence-corrected chi connectivity index (χ2v) is 1.08. The van der Waals surface area contributed by atoms with Gasteiger partial charge in [0, 0.05) is 5.54 Å². The van der Waals surface area contributed by atoms with Crippen molar-refractivity contribution >= 4 is 11.6 Å². The second kappa shape index (κ2) is 2.75. The van der Waals surface area contributed by atoms with Crippen LogP contribution in [0.25, 0.3) is 0 Å². The summed E-state index contributed by atoms with van der Waals surface area (Å²) >= 11 is 4.71. The van der Waals surface area contributed by atoms with E-state index in [0.717, 1.165) is 0 Å². The summed E-state index contributed by atoms with van der Waals surface area (Å²) in [4.78, 5) is 0. The zero-order valence-corrected chi connectivity index (χ0v) is 4.17. The molecule has 0 aromatic carbocycles. The van der Waals surface area contributed by atoms with E-state index in [1.807, 2.05) is 0 Å². The van der Waals surface area contributed by atoms with Crippen LogP contribution in [0.15, 0.2) is 23.8 Å². The first kappa shape index (κ1) is 6.63. The van der Waals surface area contributed by atoms with Gasteiger partial charge >= 0.3 is 0 Å². The normalized spacial score (nSPS) is 11.6. The Morgan fingerprint density at radius 1 is 1.57 bits per heavy atom. The molecule has 0 N–H and O–H groups in total. The highest BCUT2D eigenvalue weighted by molar-refractivity contribution is 6.25. The highest BCUT2D eigenvalue weighted by Crippen LogP contribution is 2.09. The molecule has 0 aliphatic rings. The van der Waals surface area contributed by atoms with E-state index in [9.17, 15) is 8.78 Å². The third kappa shape index (κ3) is 2.34. The van der Waals surface area contributed by atoms with Gasteiger partial charge in [-0.15, -0.1) is 0 Å². The van der Waals surface area contributed by atoms with Crippen molar-refractivity contribution in [3.05, 3.63) is 23.8 Å². The molecule has 0 amide bonds. The molecule has 7 heavy (non-hydrogen) atoms. The highest BCUT2D eigenvalue weighted by atomic mass is 35.5. The molecule has 40 valence electrons. The van der Waals surface area contributed by atoms with Crippen molar-refractivity contribution in [3.8, 4) is 0 Å². The van der Waals surface area contributed by atoms with Gasteiger partial charge in [0.1, 0.15) is 0 Å². The average Bonchev–Trinajstić information content (AvgIpc) is 1.65. The van der Waals surface area contributed by atoms with Crippen LogP contribution in [0.5, 0.6) is 0 Å². The van der Waals surface area contributed by atoms with Crippen LogP contribution < -0.4 is 0 Å². The third-order valence-corrected chi connectivity index (χ3v) is 0.547. The number of hydrogen-bond donors (Lipinski definition) is 0. The lowest BCUT2D eigenvalue weighted by Crippen LogP contribution is -1.65. The van der Waals surface area contributed by atoms with Gasteiger partial charge in [-0.1, -0.05) is 18.2 Å². The highest BCUT2D eigenvalue weighted by Gasteiger charge is 1.94. The molecule has 0 aliphatic carbocycles. The molecular formula is C4H3ClF2. The van der Waals surface area contributed by atoms with Crippen LogP contribution in [0.2, 0.25) is 0 Å².